The molecule has 2 amide bonds. The van der Waals surface area contributed by atoms with Crippen LogP contribution in [0, 0.1) is 0 Å². The first kappa shape index (κ1) is 22.2. The van der Waals surface area contributed by atoms with Crippen LogP contribution in [-0.4, -0.2) is 73.0 Å². The molecule has 0 aromatic heterocycles. The monoisotopic (exact) mass is 347 g/mol. The quantitative estimate of drug-likeness (QED) is 0.344. The Hall–Kier alpha value is -1.84. The molecular weight excluding hydrogens is 318 g/mol. The van der Waals surface area contributed by atoms with Crippen molar-refractivity contribution in [2.45, 2.75) is 38.6 Å². The first-order valence-corrected chi connectivity index (χ1v) is 7.69. The minimum absolute atomic E-state index is 0.00916. The van der Waals surface area contributed by atoms with Crippen molar-refractivity contribution in [2.75, 3.05) is 32.8 Å². The Morgan fingerprint density at radius 2 is 1.54 bits per heavy atom. The van der Waals surface area contributed by atoms with Crippen LogP contribution in [0.1, 0.15) is 20.8 Å². The zero-order valence-corrected chi connectivity index (χ0v) is 14.5. The van der Waals surface area contributed by atoms with E-state index in [1.165, 1.54) is 6.08 Å². The van der Waals surface area contributed by atoms with Crippen LogP contribution in [0.5, 0.6) is 0 Å². The highest BCUT2D eigenvalue weighted by Gasteiger charge is 2.16. The molecule has 0 aromatic carbocycles. The summed E-state index contributed by atoms with van der Waals surface area (Å²) < 4.78 is 9.71. The Labute approximate surface area is 142 Å². The Kier molecular flexibility index (Phi) is 10.8. The summed E-state index contributed by atoms with van der Waals surface area (Å²) in [6, 6.07) is 0. The molecule has 0 aliphatic rings. The summed E-state index contributed by atoms with van der Waals surface area (Å²) in [7, 11) is 0. The van der Waals surface area contributed by atoms with Gasteiger partial charge in [-0.1, -0.05) is 12.7 Å². The van der Waals surface area contributed by atoms with Gasteiger partial charge in [-0.25, -0.2) is 9.59 Å². The van der Waals surface area contributed by atoms with Crippen LogP contribution in [0.15, 0.2) is 12.7 Å². The maximum atomic E-state index is 11.4. The SMILES string of the molecule is C=CCOC(=O)NC[C@@H](O)CNC[C@H](O)CNC(=O)OC(C)(C)C. The van der Waals surface area contributed by atoms with Crippen LogP contribution in [0.4, 0.5) is 9.59 Å². The van der Waals surface area contributed by atoms with E-state index in [1.54, 1.807) is 20.8 Å². The van der Waals surface area contributed by atoms with Crippen molar-refractivity contribution in [3.05, 3.63) is 12.7 Å². The lowest BCUT2D eigenvalue weighted by atomic mass is 10.2. The lowest BCUT2D eigenvalue weighted by Crippen LogP contribution is -2.43. The highest BCUT2D eigenvalue weighted by Crippen LogP contribution is 2.06. The van der Waals surface area contributed by atoms with E-state index >= 15 is 0 Å². The van der Waals surface area contributed by atoms with E-state index in [4.69, 9.17) is 4.74 Å². The molecule has 2 atom stereocenters. The average Bonchev–Trinajstić information content (AvgIpc) is 2.47. The molecule has 0 saturated carbocycles. The molecule has 0 saturated heterocycles. The van der Waals surface area contributed by atoms with Crippen LogP contribution in [0.2, 0.25) is 0 Å². The van der Waals surface area contributed by atoms with E-state index in [1.807, 2.05) is 0 Å². The van der Waals surface area contributed by atoms with Gasteiger partial charge in [-0.3, -0.25) is 0 Å². The van der Waals surface area contributed by atoms with Gasteiger partial charge in [0.1, 0.15) is 12.2 Å². The van der Waals surface area contributed by atoms with Crippen molar-refractivity contribution in [1.82, 2.24) is 16.0 Å². The third-order valence-electron chi connectivity index (χ3n) is 2.46. The first-order valence-electron chi connectivity index (χ1n) is 7.69. The predicted octanol–water partition coefficient (Wildman–Crippen LogP) is -0.265. The molecule has 140 valence electrons. The van der Waals surface area contributed by atoms with E-state index in [2.05, 4.69) is 27.3 Å². The average molecular weight is 347 g/mol. The number of nitrogens with one attached hydrogen (secondary N) is 3. The molecule has 0 heterocycles. The third kappa shape index (κ3) is 13.8. The van der Waals surface area contributed by atoms with E-state index < -0.39 is 30.0 Å². The van der Waals surface area contributed by atoms with Gasteiger partial charge in [-0.15, -0.1) is 0 Å². The normalized spacial score (nSPS) is 13.5. The summed E-state index contributed by atoms with van der Waals surface area (Å²) in [5.74, 6) is 0. The van der Waals surface area contributed by atoms with Crippen molar-refractivity contribution in [3.63, 3.8) is 0 Å². The Bertz CT molecular complexity index is 397. The van der Waals surface area contributed by atoms with E-state index in [0.29, 0.717) is 0 Å². The summed E-state index contributed by atoms with van der Waals surface area (Å²) >= 11 is 0. The molecule has 0 bridgehead atoms. The van der Waals surface area contributed by atoms with Gasteiger partial charge in [-0.05, 0) is 20.8 Å². The molecule has 0 radical (unpaired) electrons. The molecular formula is C15H29N3O6. The third-order valence-corrected chi connectivity index (χ3v) is 2.46. The van der Waals surface area contributed by atoms with Gasteiger partial charge in [0.15, 0.2) is 0 Å². The minimum atomic E-state index is -0.840. The number of carbonyl (C=O) groups is 2. The summed E-state index contributed by atoms with van der Waals surface area (Å²) in [5, 5.41) is 27.0. The summed E-state index contributed by atoms with van der Waals surface area (Å²) in [5.41, 5.74) is -0.600. The van der Waals surface area contributed by atoms with Crippen LogP contribution in [0.3, 0.4) is 0 Å². The van der Waals surface area contributed by atoms with Crippen molar-refractivity contribution in [1.29, 1.82) is 0 Å². The van der Waals surface area contributed by atoms with Crippen molar-refractivity contribution in [2.24, 2.45) is 0 Å². The number of aliphatic hydroxyl groups is 2. The van der Waals surface area contributed by atoms with Crippen molar-refractivity contribution < 1.29 is 29.3 Å². The standard InChI is InChI=1S/C15H29N3O6/c1-5-6-23-13(21)17-9-11(19)7-16-8-12(20)10-18-14(22)24-15(2,3)4/h5,11-12,16,19-20H,1,6-10H2,2-4H3,(H,17,21)(H,18,22)/t11-,12-/m0/s1. The molecule has 0 aromatic rings. The number of alkyl carbamates (subject to hydrolysis) is 2. The number of aliphatic hydroxyl groups excluding tert-OH is 2. The largest absolute Gasteiger partial charge is 0.445 e. The molecule has 9 heteroatoms. The number of rotatable bonds is 10. The smallest absolute Gasteiger partial charge is 0.407 e. The molecule has 0 aliphatic heterocycles. The highest BCUT2D eigenvalue weighted by atomic mass is 16.6. The van der Waals surface area contributed by atoms with E-state index in [0.717, 1.165) is 0 Å². The Morgan fingerprint density at radius 1 is 1.04 bits per heavy atom. The fourth-order valence-electron chi connectivity index (χ4n) is 1.46. The van der Waals surface area contributed by atoms with Gasteiger partial charge in [0.05, 0.1) is 12.2 Å². The number of amides is 2. The number of ether oxygens (including phenoxy) is 2. The summed E-state index contributed by atoms with van der Waals surface area (Å²) in [6.07, 6.45) is -1.49. The lowest BCUT2D eigenvalue weighted by molar-refractivity contribution is 0.0490. The number of hydrogen-bond acceptors (Lipinski definition) is 7. The summed E-state index contributed by atoms with van der Waals surface area (Å²) in [4.78, 5) is 22.5. The zero-order chi connectivity index (χ0) is 18.6. The van der Waals surface area contributed by atoms with Crippen LogP contribution in [-0.2, 0) is 9.47 Å². The lowest BCUT2D eigenvalue weighted by Gasteiger charge is -2.21. The zero-order valence-electron chi connectivity index (χ0n) is 14.5. The molecule has 24 heavy (non-hydrogen) atoms. The molecule has 0 unspecified atom stereocenters. The predicted molar refractivity (Wildman–Crippen MR) is 88.7 cm³/mol. The van der Waals surface area contributed by atoms with Gasteiger partial charge in [0.2, 0.25) is 0 Å². The number of carbonyl (C=O) groups excluding carboxylic acids is 2. The maximum Gasteiger partial charge on any atom is 0.407 e. The van der Waals surface area contributed by atoms with Crippen LogP contribution in [0.25, 0.3) is 0 Å². The van der Waals surface area contributed by atoms with Crippen LogP contribution < -0.4 is 16.0 Å². The second-order valence-electron chi connectivity index (χ2n) is 6.12. The molecule has 0 spiro atoms. The van der Waals surface area contributed by atoms with Gasteiger partial charge in [-0.2, -0.15) is 0 Å². The minimum Gasteiger partial charge on any atom is -0.445 e. The van der Waals surface area contributed by atoms with Gasteiger partial charge in [0.25, 0.3) is 0 Å². The molecule has 5 N–H and O–H groups in total. The van der Waals surface area contributed by atoms with Crippen LogP contribution >= 0.6 is 0 Å². The molecule has 0 aliphatic carbocycles. The van der Waals surface area contributed by atoms with E-state index in [9.17, 15) is 19.8 Å². The van der Waals surface area contributed by atoms with Gasteiger partial charge in [0, 0.05) is 26.2 Å². The van der Waals surface area contributed by atoms with Crippen molar-refractivity contribution >= 4 is 12.2 Å². The van der Waals surface area contributed by atoms with Gasteiger partial charge >= 0.3 is 12.2 Å². The highest BCUT2D eigenvalue weighted by molar-refractivity contribution is 5.67. The van der Waals surface area contributed by atoms with E-state index in [-0.39, 0.29) is 32.8 Å². The second-order valence-corrected chi connectivity index (χ2v) is 6.12. The summed E-state index contributed by atoms with van der Waals surface area (Å²) in [6.45, 7) is 9.08. The Morgan fingerprint density at radius 3 is 2.00 bits per heavy atom. The topological polar surface area (TPSA) is 129 Å². The first-order chi connectivity index (χ1) is 11.1. The van der Waals surface area contributed by atoms with Gasteiger partial charge < -0.3 is 35.6 Å². The molecule has 0 rings (SSSR count). The number of hydrogen-bond donors (Lipinski definition) is 5. The fourth-order valence-corrected chi connectivity index (χ4v) is 1.46. The molecule has 9 nitrogen and oxygen atoms in total. The van der Waals surface area contributed by atoms with Crippen molar-refractivity contribution in [3.8, 4) is 0 Å². The Balaban J connectivity index is 3.73. The second kappa shape index (κ2) is 11.7. The molecule has 0 fully saturated rings. The fraction of sp³-hybridized carbons (Fsp3) is 0.733. The maximum absolute atomic E-state index is 11.4.